The van der Waals surface area contributed by atoms with Gasteiger partial charge >= 0.3 is 0 Å². The van der Waals surface area contributed by atoms with Crippen LogP contribution in [0.1, 0.15) is 32.6 Å². The molecule has 0 saturated carbocycles. The lowest BCUT2D eigenvalue weighted by Gasteiger charge is -2.19. The van der Waals surface area contributed by atoms with Crippen LogP contribution in [0.4, 0.5) is 10.1 Å². The van der Waals surface area contributed by atoms with E-state index in [0.717, 1.165) is 24.8 Å². The number of halogens is 1. The monoisotopic (exact) mass is 509 g/mol. The van der Waals surface area contributed by atoms with Crippen LogP contribution in [0, 0.1) is 11.7 Å². The van der Waals surface area contributed by atoms with Crippen LogP contribution in [0.25, 0.3) is 10.9 Å². The number of ether oxygens (including phenoxy) is 3. The van der Waals surface area contributed by atoms with Crippen molar-refractivity contribution in [1.29, 1.82) is 0 Å². The minimum Gasteiger partial charge on any atom is -0.493 e. The van der Waals surface area contributed by atoms with E-state index in [1.165, 1.54) is 12.1 Å². The number of thiocarbonyl (C=S) groups is 1. The molecule has 0 radical (unpaired) electrons. The van der Waals surface area contributed by atoms with Crippen molar-refractivity contribution in [2.75, 3.05) is 19.5 Å². The molecule has 36 heavy (non-hydrogen) atoms. The summed E-state index contributed by atoms with van der Waals surface area (Å²) in [6.45, 7) is 2.18. The number of rotatable bonds is 7. The fourth-order valence-electron chi connectivity index (χ4n) is 4.20. The van der Waals surface area contributed by atoms with Crippen molar-refractivity contribution in [1.82, 2.24) is 10.3 Å². The van der Waals surface area contributed by atoms with E-state index in [1.54, 1.807) is 44.7 Å². The summed E-state index contributed by atoms with van der Waals surface area (Å²) in [5.74, 6) is 1.62. The summed E-state index contributed by atoms with van der Waals surface area (Å²) in [4.78, 5) is 16.7. The summed E-state index contributed by atoms with van der Waals surface area (Å²) in [5, 5.41) is 6.10. The Morgan fingerprint density at radius 3 is 2.64 bits per heavy atom. The smallest absolute Gasteiger partial charge is 0.230 e. The number of fused-ring (bicyclic) bond motifs is 1. The molecule has 1 aromatic heterocycles. The quantitative estimate of drug-likeness (QED) is 0.293. The molecule has 9 heteroatoms. The largest absolute Gasteiger partial charge is 0.493 e. The molecule has 1 aliphatic carbocycles. The van der Waals surface area contributed by atoms with Crippen LogP contribution < -0.4 is 24.8 Å². The minimum absolute atomic E-state index is 0.0400. The van der Waals surface area contributed by atoms with Crippen LogP contribution in [0.2, 0.25) is 0 Å². The summed E-state index contributed by atoms with van der Waals surface area (Å²) >= 11 is 5.21. The van der Waals surface area contributed by atoms with E-state index >= 15 is 0 Å². The first-order valence-electron chi connectivity index (χ1n) is 11.6. The van der Waals surface area contributed by atoms with Gasteiger partial charge in [0.05, 0.1) is 25.4 Å². The zero-order valence-corrected chi connectivity index (χ0v) is 21.2. The normalized spacial score (nSPS) is 15.1. The maximum absolute atomic E-state index is 14.8. The number of carbonyl (C=O) groups is 1. The molecule has 0 spiro atoms. The predicted octanol–water partition coefficient (Wildman–Crippen LogP) is 6.13. The molecular weight excluding hydrogens is 481 g/mol. The van der Waals surface area contributed by atoms with Crippen LogP contribution in [-0.2, 0) is 4.79 Å². The first kappa shape index (κ1) is 25.4. The van der Waals surface area contributed by atoms with Crippen molar-refractivity contribution < 1.29 is 23.4 Å². The SMILES string of the molecule is COc1cc2nccc(Oc3ccc(NC(=S)NC(=O)CC4=CCCC(C)C4)c(F)c3)c2cc1OC. The van der Waals surface area contributed by atoms with Gasteiger partial charge in [0, 0.05) is 30.1 Å². The Balaban J connectivity index is 1.42. The number of aromatic nitrogens is 1. The third kappa shape index (κ3) is 6.09. The van der Waals surface area contributed by atoms with Crippen LogP contribution in [0.15, 0.2) is 54.2 Å². The van der Waals surface area contributed by atoms with E-state index < -0.39 is 5.82 Å². The van der Waals surface area contributed by atoms with Crippen molar-refractivity contribution in [3.63, 3.8) is 0 Å². The van der Waals surface area contributed by atoms with Gasteiger partial charge in [0.1, 0.15) is 17.3 Å². The summed E-state index contributed by atoms with van der Waals surface area (Å²) < 4.78 is 31.5. The first-order chi connectivity index (χ1) is 17.4. The van der Waals surface area contributed by atoms with Crippen LogP contribution in [0.3, 0.4) is 0 Å². The number of allylic oxidation sites excluding steroid dienone is 1. The summed E-state index contributed by atoms with van der Waals surface area (Å²) in [5.41, 5.74) is 1.88. The van der Waals surface area contributed by atoms with Gasteiger partial charge in [-0.1, -0.05) is 18.6 Å². The molecular formula is C27H28FN3O4S. The highest BCUT2D eigenvalue weighted by Gasteiger charge is 2.16. The first-order valence-corrected chi connectivity index (χ1v) is 12.0. The second-order valence-electron chi connectivity index (χ2n) is 8.71. The second kappa shape index (κ2) is 11.3. The van der Waals surface area contributed by atoms with Crippen molar-refractivity contribution in [3.05, 3.63) is 60.1 Å². The van der Waals surface area contributed by atoms with E-state index in [2.05, 4.69) is 28.6 Å². The zero-order chi connectivity index (χ0) is 25.7. The number of nitrogens with zero attached hydrogens (tertiary/aromatic N) is 1. The highest BCUT2D eigenvalue weighted by Crippen LogP contribution is 2.37. The van der Waals surface area contributed by atoms with Gasteiger partial charge < -0.3 is 24.8 Å². The summed E-state index contributed by atoms with van der Waals surface area (Å²) in [6, 6.07) is 9.54. The Bertz CT molecular complexity index is 1330. The van der Waals surface area contributed by atoms with Crippen molar-refractivity contribution in [3.8, 4) is 23.0 Å². The van der Waals surface area contributed by atoms with Crippen LogP contribution in [0.5, 0.6) is 23.0 Å². The number of pyridine rings is 1. The third-order valence-electron chi connectivity index (χ3n) is 5.97. The van der Waals surface area contributed by atoms with Crippen LogP contribution in [-0.4, -0.2) is 30.2 Å². The van der Waals surface area contributed by atoms with Gasteiger partial charge in [0.15, 0.2) is 16.6 Å². The maximum atomic E-state index is 14.8. The number of carbonyl (C=O) groups excluding carboxylic acids is 1. The average molecular weight is 510 g/mol. The number of hydrogen-bond acceptors (Lipinski definition) is 6. The molecule has 1 heterocycles. The lowest BCUT2D eigenvalue weighted by atomic mass is 9.89. The predicted molar refractivity (Wildman–Crippen MR) is 141 cm³/mol. The number of amides is 1. The number of benzene rings is 2. The number of hydrogen-bond donors (Lipinski definition) is 2. The molecule has 7 nitrogen and oxygen atoms in total. The topological polar surface area (TPSA) is 81.7 Å². The molecule has 3 aromatic rings. The Morgan fingerprint density at radius 2 is 1.92 bits per heavy atom. The molecule has 0 fully saturated rings. The fourth-order valence-corrected chi connectivity index (χ4v) is 4.43. The van der Waals surface area contributed by atoms with Gasteiger partial charge in [-0.15, -0.1) is 0 Å². The van der Waals surface area contributed by atoms with E-state index in [0.29, 0.717) is 34.1 Å². The molecule has 1 aliphatic rings. The van der Waals surface area contributed by atoms with Crippen molar-refractivity contribution >= 4 is 39.8 Å². The average Bonchev–Trinajstić information content (AvgIpc) is 2.85. The highest BCUT2D eigenvalue weighted by atomic mass is 32.1. The highest BCUT2D eigenvalue weighted by molar-refractivity contribution is 7.80. The van der Waals surface area contributed by atoms with Crippen LogP contribution >= 0.6 is 12.2 Å². The number of anilines is 1. The van der Waals surface area contributed by atoms with Crippen molar-refractivity contribution in [2.24, 2.45) is 5.92 Å². The van der Waals surface area contributed by atoms with E-state index in [1.807, 2.05) is 0 Å². The number of nitrogens with one attached hydrogen (secondary N) is 2. The molecule has 2 aromatic carbocycles. The summed E-state index contributed by atoms with van der Waals surface area (Å²) in [7, 11) is 3.09. The minimum atomic E-state index is -0.578. The number of methoxy groups -OCH3 is 2. The molecule has 4 rings (SSSR count). The Hall–Kier alpha value is -3.72. The standard InChI is InChI=1S/C27H28FN3O4S/c1-16-5-4-6-17(11-16)12-26(32)31-27(36)30-21-8-7-18(13-20(21)28)35-23-9-10-29-22-15-25(34-3)24(33-2)14-19(22)23/h6-10,13-16H,4-5,11-12H2,1-3H3,(H2,30,31,32,36). The third-order valence-corrected chi connectivity index (χ3v) is 6.17. The second-order valence-corrected chi connectivity index (χ2v) is 9.11. The lowest BCUT2D eigenvalue weighted by Crippen LogP contribution is -2.34. The molecule has 188 valence electrons. The lowest BCUT2D eigenvalue weighted by molar-refractivity contribution is -0.119. The summed E-state index contributed by atoms with van der Waals surface area (Å²) in [6.07, 6.45) is 7.05. The molecule has 1 unspecified atom stereocenters. The van der Waals surface area contributed by atoms with E-state index in [-0.39, 0.29) is 28.9 Å². The maximum Gasteiger partial charge on any atom is 0.230 e. The Labute approximate surface area is 214 Å². The van der Waals surface area contributed by atoms with Gasteiger partial charge in [-0.05, 0) is 61.7 Å². The van der Waals surface area contributed by atoms with Gasteiger partial charge in [-0.3, -0.25) is 9.78 Å². The van der Waals surface area contributed by atoms with E-state index in [9.17, 15) is 9.18 Å². The zero-order valence-electron chi connectivity index (χ0n) is 20.4. The Morgan fingerprint density at radius 1 is 1.14 bits per heavy atom. The van der Waals surface area contributed by atoms with Crippen molar-refractivity contribution in [2.45, 2.75) is 32.6 Å². The Kier molecular flexibility index (Phi) is 8.00. The fraction of sp³-hybridized carbons (Fsp3) is 0.296. The molecule has 0 bridgehead atoms. The van der Waals surface area contributed by atoms with Gasteiger partial charge in [-0.2, -0.15) is 0 Å². The molecule has 1 atom stereocenters. The molecule has 2 N–H and O–H groups in total. The van der Waals surface area contributed by atoms with Gasteiger partial charge in [0.2, 0.25) is 5.91 Å². The van der Waals surface area contributed by atoms with E-state index in [4.69, 9.17) is 26.4 Å². The molecule has 0 saturated heterocycles. The van der Waals surface area contributed by atoms with Gasteiger partial charge in [-0.25, -0.2) is 4.39 Å². The molecule has 0 aliphatic heterocycles. The molecule has 1 amide bonds. The van der Waals surface area contributed by atoms with Gasteiger partial charge in [0.25, 0.3) is 0 Å².